The topological polar surface area (TPSA) is 41.5 Å². The molecule has 2 atom stereocenters. The number of benzene rings is 2. The summed E-state index contributed by atoms with van der Waals surface area (Å²) >= 11 is 0. The molecular weight excluding hydrogens is 262 g/mol. The van der Waals surface area contributed by atoms with E-state index in [1.54, 1.807) is 0 Å². The van der Waals surface area contributed by atoms with Crippen LogP contribution in [0.25, 0.3) is 0 Å². The number of aliphatic hydroxyl groups is 1. The zero-order valence-electron chi connectivity index (χ0n) is 12.4. The van der Waals surface area contributed by atoms with Gasteiger partial charge in [-0.3, -0.25) is 0 Å². The molecule has 3 heteroatoms. The molecule has 0 bridgehead atoms. The molecule has 21 heavy (non-hydrogen) atoms. The van der Waals surface area contributed by atoms with Crippen molar-refractivity contribution in [2.45, 2.75) is 25.7 Å². The molecular formula is C18H23NO2. The molecule has 0 amide bonds. The lowest BCUT2D eigenvalue weighted by atomic mass is 10.1. The highest BCUT2D eigenvalue weighted by atomic mass is 16.5. The van der Waals surface area contributed by atoms with Gasteiger partial charge >= 0.3 is 0 Å². The van der Waals surface area contributed by atoms with Gasteiger partial charge in [0.2, 0.25) is 0 Å². The maximum absolute atomic E-state index is 10.0. The van der Waals surface area contributed by atoms with Gasteiger partial charge in [0, 0.05) is 13.1 Å². The van der Waals surface area contributed by atoms with Crippen molar-refractivity contribution < 1.29 is 9.84 Å². The molecule has 2 N–H and O–H groups in total. The van der Waals surface area contributed by atoms with Gasteiger partial charge in [-0.1, -0.05) is 60.7 Å². The third-order valence-electron chi connectivity index (χ3n) is 3.33. The van der Waals surface area contributed by atoms with Crippen LogP contribution >= 0.6 is 0 Å². The van der Waals surface area contributed by atoms with E-state index < -0.39 is 6.10 Å². The highest BCUT2D eigenvalue weighted by molar-refractivity contribution is 5.17. The molecule has 0 radical (unpaired) electrons. The fourth-order valence-corrected chi connectivity index (χ4v) is 2.09. The summed E-state index contributed by atoms with van der Waals surface area (Å²) in [6.45, 7) is 3.90. The lowest BCUT2D eigenvalue weighted by Gasteiger charge is -2.16. The molecule has 0 spiro atoms. The van der Waals surface area contributed by atoms with E-state index in [9.17, 15) is 5.11 Å². The van der Waals surface area contributed by atoms with Gasteiger partial charge in [0.1, 0.15) is 0 Å². The van der Waals surface area contributed by atoms with Crippen LogP contribution in [-0.4, -0.2) is 24.3 Å². The second-order valence-corrected chi connectivity index (χ2v) is 5.19. The Labute approximate surface area is 126 Å². The van der Waals surface area contributed by atoms with Crippen LogP contribution in [0.2, 0.25) is 0 Å². The van der Waals surface area contributed by atoms with Crippen molar-refractivity contribution >= 4 is 0 Å². The van der Waals surface area contributed by atoms with Gasteiger partial charge < -0.3 is 15.2 Å². The number of rotatable bonds is 8. The second kappa shape index (κ2) is 8.57. The van der Waals surface area contributed by atoms with Crippen LogP contribution in [0.5, 0.6) is 0 Å². The van der Waals surface area contributed by atoms with Crippen LogP contribution in [-0.2, 0) is 11.3 Å². The van der Waals surface area contributed by atoms with Gasteiger partial charge in [0.15, 0.2) is 0 Å². The van der Waals surface area contributed by atoms with E-state index in [-0.39, 0.29) is 6.10 Å². The molecule has 2 unspecified atom stereocenters. The molecule has 0 aliphatic rings. The van der Waals surface area contributed by atoms with Gasteiger partial charge in [0.05, 0.1) is 18.8 Å². The molecule has 2 aromatic rings. The monoisotopic (exact) mass is 285 g/mol. The Morgan fingerprint density at radius 1 is 0.952 bits per heavy atom. The van der Waals surface area contributed by atoms with E-state index >= 15 is 0 Å². The molecule has 2 aromatic carbocycles. The summed E-state index contributed by atoms with van der Waals surface area (Å²) in [6.07, 6.45) is -0.374. The van der Waals surface area contributed by atoms with E-state index in [4.69, 9.17) is 4.74 Å². The fourth-order valence-electron chi connectivity index (χ4n) is 2.09. The van der Waals surface area contributed by atoms with E-state index in [0.29, 0.717) is 13.2 Å². The lowest BCUT2D eigenvalue weighted by Crippen LogP contribution is -2.30. The zero-order valence-corrected chi connectivity index (χ0v) is 12.4. The van der Waals surface area contributed by atoms with Crippen LogP contribution in [0, 0.1) is 0 Å². The average molecular weight is 285 g/mol. The van der Waals surface area contributed by atoms with Crippen molar-refractivity contribution in [3.8, 4) is 0 Å². The largest absolute Gasteiger partial charge is 0.387 e. The summed E-state index contributed by atoms with van der Waals surface area (Å²) in [6, 6.07) is 19.8. The predicted molar refractivity (Wildman–Crippen MR) is 85.0 cm³/mol. The summed E-state index contributed by atoms with van der Waals surface area (Å²) < 4.78 is 5.77. The van der Waals surface area contributed by atoms with Crippen LogP contribution in [0.1, 0.15) is 24.2 Å². The minimum absolute atomic E-state index is 0.105. The summed E-state index contributed by atoms with van der Waals surface area (Å²) in [4.78, 5) is 0. The van der Waals surface area contributed by atoms with Crippen LogP contribution in [0.4, 0.5) is 0 Å². The molecule has 0 saturated heterocycles. The Morgan fingerprint density at radius 3 is 2.24 bits per heavy atom. The first-order valence-corrected chi connectivity index (χ1v) is 7.35. The lowest BCUT2D eigenvalue weighted by molar-refractivity contribution is 0.0505. The first-order valence-electron chi connectivity index (χ1n) is 7.35. The molecule has 0 heterocycles. The van der Waals surface area contributed by atoms with Crippen molar-refractivity contribution in [1.82, 2.24) is 5.32 Å². The maximum atomic E-state index is 10.0. The van der Waals surface area contributed by atoms with Crippen LogP contribution in [0.15, 0.2) is 60.7 Å². The third-order valence-corrected chi connectivity index (χ3v) is 3.33. The Kier molecular flexibility index (Phi) is 6.41. The second-order valence-electron chi connectivity index (χ2n) is 5.19. The summed E-state index contributed by atoms with van der Waals surface area (Å²) in [7, 11) is 0. The Morgan fingerprint density at radius 2 is 1.57 bits per heavy atom. The van der Waals surface area contributed by atoms with Gasteiger partial charge in [-0.2, -0.15) is 0 Å². The first kappa shape index (κ1) is 15.7. The van der Waals surface area contributed by atoms with Gasteiger partial charge in [-0.05, 0) is 18.1 Å². The first-order chi connectivity index (χ1) is 10.3. The van der Waals surface area contributed by atoms with E-state index in [0.717, 1.165) is 12.1 Å². The Hall–Kier alpha value is -1.68. The molecule has 0 aromatic heterocycles. The van der Waals surface area contributed by atoms with Crippen molar-refractivity contribution in [2.24, 2.45) is 0 Å². The normalized spacial score (nSPS) is 13.8. The minimum Gasteiger partial charge on any atom is -0.387 e. The van der Waals surface area contributed by atoms with E-state index in [2.05, 4.69) is 17.4 Å². The summed E-state index contributed by atoms with van der Waals surface area (Å²) in [5.41, 5.74) is 2.11. The molecule has 112 valence electrons. The molecule has 0 fully saturated rings. The standard InChI is InChI=1S/C18H23NO2/c1-15(21-14-16-8-4-2-5-9-16)12-19-13-18(20)17-10-6-3-7-11-17/h2-11,15,18-20H,12-14H2,1H3. The minimum atomic E-state index is -0.479. The SMILES string of the molecule is CC(CNCC(O)c1ccccc1)OCc1ccccc1. The molecule has 2 rings (SSSR count). The smallest absolute Gasteiger partial charge is 0.0914 e. The van der Waals surface area contributed by atoms with Crippen LogP contribution < -0.4 is 5.32 Å². The summed E-state index contributed by atoms with van der Waals surface area (Å²) in [5, 5.41) is 13.3. The maximum Gasteiger partial charge on any atom is 0.0914 e. The molecule has 0 aliphatic carbocycles. The number of aliphatic hydroxyl groups excluding tert-OH is 1. The van der Waals surface area contributed by atoms with Gasteiger partial charge in [-0.25, -0.2) is 0 Å². The fraction of sp³-hybridized carbons (Fsp3) is 0.333. The van der Waals surface area contributed by atoms with Gasteiger partial charge in [0.25, 0.3) is 0 Å². The zero-order chi connectivity index (χ0) is 14.9. The molecule has 0 aliphatic heterocycles. The van der Waals surface area contributed by atoms with E-state index in [1.807, 2.05) is 55.5 Å². The molecule has 0 saturated carbocycles. The highest BCUT2D eigenvalue weighted by Gasteiger charge is 2.08. The van der Waals surface area contributed by atoms with Crippen molar-refractivity contribution in [2.75, 3.05) is 13.1 Å². The average Bonchev–Trinajstić information content (AvgIpc) is 2.54. The number of ether oxygens (including phenoxy) is 1. The van der Waals surface area contributed by atoms with Crippen molar-refractivity contribution in [1.29, 1.82) is 0 Å². The summed E-state index contributed by atoms with van der Waals surface area (Å²) in [5.74, 6) is 0. The third kappa shape index (κ3) is 5.68. The quantitative estimate of drug-likeness (QED) is 0.783. The van der Waals surface area contributed by atoms with Crippen molar-refractivity contribution in [3.63, 3.8) is 0 Å². The number of hydrogen-bond donors (Lipinski definition) is 2. The molecule has 3 nitrogen and oxygen atoms in total. The number of nitrogens with one attached hydrogen (secondary N) is 1. The van der Waals surface area contributed by atoms with Crippen LogP contribution in [0.3, 0.4) is 0 Å². The Balaban J connectivity index is 1.64. The Bertz CT molecular complexity index is 501. The van der Waals surface area contributed by atoms with E-state index in [1.165, 1.54) is 5.56 Å². The number of hydrogen-bond acceptors (Lipinski definition) is 3. The van der Waals surface area contributed by atoms with Crippen molar-refractivity contribution in [3.05, 3.63) is 71.8 Å². The highest BCUT2D eigenvalue weighted by Crippen LogP contribution is 2.10. The predicted octanol–water partition coefficient (Wildman–Crippen LogP) is 2.91. The van der Waals surface area contributed by atoms with Gasteiger partial charge in [-0.15, -0.1) is 0 Å².